The molecule has 0 heterocycles. The van der Waals surface area contributed by atoms with Crippen molar-refractivity contribution in [1.82, 2.24) is 5.32 Å². The summed E-state index contributed by atoms with van der Waals surface area (Å²) in [5.74, 6) is -0.514. The Labute approximate surface area is 157 Å². The molecule has 2 aromatic carbocycles. The van der Waals surface area contributed by atoms with E-state index >= 15 is 0 Å². The van der Waals surface area contributed by atoms with Crippen LogP contribution in [0.4, 0.5) is 0 Å². The number of amidine groups is 1. The zero-order chi connectivity index (χ0) is 19.6. The number of hydrogen-bond donors (Lipinski definition) is 3. The fraction of sp³-hybridized carbons (Fsp3) is 0.250. The molecule has 0 aliphatic rings. The summed E-state index contributed by atoms with van der Waals surface area (Å²) in [5, 5.41) is 14.5. The number of rotatable bonds is 8. The van der Waals surface area contributed by atoms with Crippen LogP contribution in [0.25, 0.3) is 0 Å². The van der Waals surface area contributed by atoms with E-state index in [0.29, 0.717) is 37.1 Å². The van der Waals surface area contributed by atoms with Gasteiger partial charge in [0.25, 0.3) is 5.91 Å². The Morgan fingerprint density at radius 1 is 1.11 bits per heavy atom. The standard InChI is InChI=1S/C20H23N3O4/c1-2-27-18(24)11-10-14-6-8-15(9-7-14)13-22-20(25)17-5-3-4-16(12-17)19(21)23-26/h3-9,12,26H,2,10-11,13H2,1H3,(H2,21,23)(H,22,25). The van der Waals surface area contributed by atoms with Gasteiger partial charge >= 0.3 is 5.97 Å². The second-order valence-corrected chi connectivity index (χ2v) is 5.87. The van der Waals surface area contributed by atoms with Crippen molar-refractivity contribution in [2.75, 3.05) is 6.61 Å². The number of aryl methyl sites for hydroxylation is 1. The maximum absolute atomic E-state index is 12.3. The summed E-state index contributed by atoms with van der Waals surface area (Å²) in [6, 6.07) is 14.2. The summed E-state index contributed by atoms with van der Waals surface area (Å²) < 4.78 is 4.91. The number of oxime groups is 1. The smallest absolute Gasteiger partial charge is 0.306 e. The molecule has 0 saturated carbocycles. The summed E-state index contributed by atoms with van der Waals surface area (Å²) in [4.78, 5) is 23.7. The third kappa shape index (κ3) is 6.14. The van der Waals surface area contributed by atoms with Crippen LogP contribution in [0.1, 0.15) is 40.4 Å². The Morgan fingerprint density at radius 2 is 1.78 bits per heavy atom. The van der Waals surface area contributed by atoms with Gasteiger partial charge in [0.2, 0.25) is 0 Å². The second-order valence-electron chi connectivity index (χ2n) is 5.87. The molecule has 7 nitrogen and oxygen atoms in total. The van der Waals surface area contributed by atoms with E-state index in [1.54, 1.807) is 31.2 Å². The van der Waals surface area contributed by atoms with Gasteiger partial charge in [0.15, 0.2) is 5.84 Å². The van der Waals surface area contributed by atoms with Crippen molar-refractivity contribution < 1.29 is 19.5 Å². The zero-order valence-electron chi connectivity index (χ0n) is 15.1. The summed E-state index contributed by atoms with van der Waals surface area (Å²) in [7, 11) is 0. The van der Waals surface area contributed by atoms with Crippen LogP contribution in [0.3, 0.4) is 0 Å². The van der Waals surface area contributed by atoms with Crippen molar-refractivity contribution in [1.29, 1.82) is 0 Å². The molecule has 0 aromatic heterocycles. The lowest BCUT2D eigenvalue weighted by molar-refractivity contribution is -0.143. The minimum atomic E-state index is -0.256. The number of carbonyl (C=O) groups is 2. The second kappa shape index (κ2) is 9.96. The molecule has 0 radical (unpaired) electrons. The van der Waals surface area contributed by atoms with Crippen LogP contribution in [-0.2, 0) is 22.5 Å². The van der Waals surface area contributed by atoms with E-state index in [4.69, 9.17) is 15.7 Å². The third-order valence-corrected chi connectivity index (χ3v) is 3.93. The topological polar surface area (TPSA) is 114 Å². The molecule has 2 aromatic rings. The van der Waals surface area contributed by atoms with Gasteiger partial charge in [-0.2, -0.15) is 0 Å². The van der Waals surface area contributed by atoms with Gasteiger partial charge in [-0.1, -0.05) is 41.6 Å². The van der Waals surface area contributed by atoms with Gasteiger partial charge in [-0.25, -0.2) is 0 Å². The Kier molecular flexibility index (Phi) is 7.37. The largest absolute Gasteiger partial charge is 0.466 e. The van der Waals surface area contributed by atoms with E-state index in [2.05, 4.69) is 10.5 Å². The number of nitrogens with zero attached hydrogens (tertiary/aromatic N) is 1. The molecule has 0 atom stereocenters. The summed E-state index contributed by atoms with van der Waals surface area (Å²) >= 11 is 0. The average molecular weight is 369 g/mol. The van der Waals surface area contributed by atoms with E-state index in [1.165, 1.54) is 0 Å². The van der Waals surface area contributed by atoms with E-state index in [-0.39, 0.29) is 17.7 Å². The fourth-order valence-electron chi connectivity index (χ4n) is 2.47. The van der Waals surface area contributed by atoms with Crippen molar-refractivity contribution in [2.24, 2.45) is 10.9 Å². The van der Waals surface area contributed by atoms with Crippen LogP contribution in [-0.4, -0.2) is 29.5 Å². The molecule has 142 valence electrons. The first-order valence-corrected chi connectivity index (χ1v) is 8.63. The van der Waals surface area contributed by atoms with Gasteiger partial charge in [-0.15, -0.1) is 0 Å². The minimum absolute atomic E-state index is 0.0527. The van der Waals surface area contributed by atoms with Gasteiger partial charge < -0.3 is 21.0 Å². The Hall–Kier alpha value is -3.35. The van der Waals surface area contributed by atoms with E-state index in [0.717, 1.165) is 11.1 Å². The molecule has 7 heteroatoms. The quantitative estimate of drug-likeness (QED) is 0.217. The Bertz CT molecular complexity index is 816. The van der Waals surface area contributed by atoms with Gasteiger partial charge in [0.05, 0.1) is 6.61 Å². The lowest BCUT2D eigenvalue weighted by atomic mass is 10.1. The van der Waals surface area contributed by atoms with Gasteiger partial charge in [0.1, 0.15) is 0 Å². The molecule has 27 heavy (non-hydrogen) atoms. The summed E-state index contributed by atoms with van der Waals surface area (Å²) in [6.45, 7) is 2.54. The van der Waals surface area contributed by atoms with Crippen LogP contribution in [0.5, 0.6) is 0 Å². The van der Waals surface area contributed by atoms with E-state index in [1.807, 2.05) is 24.3 Å². The Balaban J connectivity index is 1.89. The molecular formula is C20H23N3O4. The average Bonchev–Trinajstić information content (AvgIpc) is 2.71. The predicted octanol–water partition coefficient (Wildman–Crippen LogP) is 2.21. The number of hydrogen-bond acceptors (Lipinski definition) is 5. The number of nitrogens with one attached hydrogen (secondary N) is 1. The van der Waals surface area contributed by atoms with E-state index < -0.39 is 0 Å². The molecule has 0 saturated heterocycles. The predicted molar refractivity (Wildman–Crippen MR) is 102 cm³/mol. The minimum Gasteiger partial charge on any atom is -0.466 e. The van der Waals surface area contributed by atoms with Gasteiger partial charge in [-0.05, 0) is 36.6 Å². The highest BCUT2D eigenvalue weighted by Gasteiger charge is 2.08. The Morgan fingerprint density at radius 3 is 2.44 bits per heavy atom. The number of amides is 1. The molecule has 0 aliphatic carbocycles. The first-order chi connectivity index (χ1) is 13.0. The fourth-order valence-corrected chi connectivity index (χ4v) is 2.47. The maximum atomic E-state index is 12.3. The van der Waals surface area contributed by atoms with Crippen molar-refractivity contribution in [3.63, 3.8) is 0 Å². The first-order valence-electron chi connectivity index (χ1n) is 8.63. The maximum Gasteiger partial charge on any atom is 0.306 e. The molecule has 0 bridgehead atoms. The molecule has 2 rings (SSSR count). The highest BCUT2D eigenvalue weighted by atomic mass is 16.5. The molecule has 0 aliphatic heterocycles. The highest BCUT2D eigenvalue weighted by Crippen LogP contribution is 2.09. The normalized spacial score (nSPS) is 11.1. The van der Waals surface area contributed by atoms with Gasteiger partial charge in [-0.3, -0.25) is 9.59 Å². The van der Waals surface area contributed by atoms with Crippen molar-refractivity contribution >= 4 is 17.7 Å². The monoisotopic (exact) mass is 369 g/mol. The van der Waals surface area contributed by atoms with Crippen LogP contribution >= 0.6 is 0 Å². The van der Waals surface area contributed by atoms with Crippen molar-refractivity contribution in [3.05, 3.63) is 70.8 Å². The molecule has 1 amide bonds. The highest BCUT2D eigenvalue weighted by molar-refractivity contribution is 6.01. The van der Waals surface area contributed by atoms with Gasteiger partial charge in [0, 0.05) is 24.1 Å². The van der Waals surface area contributed by atoms with Crippen LogP contribution in [0, 0.1) is 0 Å². The van der Waals surface area contributed by atoms with Crippen LogP contribution < -0.4 is 11.1 Å². The lowest BCUT2D eigenvalue weighted by Crippen LogP contribution is -2.23. The number of benzene rings is 2. The molecule has 0 fully saturated rings. The number of carbonyl (C=O) groups excluding carboxylic acids is 2. The molecule has 0 spiro atoms. The molecule has 4 N–H and O–H groups in total. The van der Waals surface area contributed by atoms with Crippen LogP contribution in [0.2, 0.25) is 0 Å². The lowest BCUT2D eigenvalue weighted by Gasteiger charge is -2.08. The SMILES string of the molecule is CCOC(=O)CCc1ccc(CNC(=O)c2cccc(C(N)=NO)c2)cc1. The van der Waals surface area contributed by atoms with E-state index in [9.17, 15) is 9.59 Å². The van der Waals surface area contributed by atoms with Crippen LogP contribution in [0.15, 0.2) is 53.7 Å². The molecular weight excluding hydrogens is 346 g/mol. The zero-order valence-corrected chi connectivity index (χ0v) is 15.1. The van der Waals surface area contributed by atoms with Crippen molar-refractivity contribution in [2.45, 2.75) is 26.3 Å². The molecule has 0 unspecified atom stereocenters. The number of esters is 1. The summed E-state index contributed by atoms with van der Waals surface area (Å²) in [6.07, 6.45) is 0.965. The first kappa shape index (κ1) is 20.0. The van der Waals surface area contributed by atoms with Crippen molar-refractivity contribution in [3.8, 4) is 0 Å². The summed E-state index contributed by atoms with van der Waals surface area (Å²) in [5.41, 5.74) is 8.40. The third-order valence-electron chi connectivity index (χ3n) is 3.93. The number of ether oxygens (including phenoxy) is 1. The number of nitrogens with two attached hydrogens (primary N) is 1.